The number of amides is 2. The minimum atomic E-state index is -0.440. The molecule has 28 heavy (non-hydrogen) atoms. The predicted molar refractivity (Wildman–Crippen MR) is 107 cm³/mol. The van der Waals surface area contributed by atoms with E-state index in [0.29, 0.717) is 26.5 Å². The van der Waals surface area contributed by atoms with Gasteiger partial charge in [-0.1, -0.05) is 23.1 Å². The predicted octanol–water partition coefficient (Wildman–Crippen LogP) is 2.51. The fourth-order valence-corrected chi connectivity index (χ4v) is 4.08. The third kappa shape index (κ3) is 5.14. The summed E-state index contributed by atoms with van der Waals surface area (Å²) in [6, 6.07) is 7.12. The van der Waals surface area contributed by atoms with Gasteiger partial charge in [0.1, 0.15) is 5.75 Å². The zero-order valence-electron chi connectivity index (χ0n) is 15.3. The number of nitrogens with one attached hydrogen (secondary N) is 3. The number of thioether (sulfide) groups is 1. The molecule has 0 radical (unpaired) electrons. The van der Waals surface area contributed by atoms with Crippen molar-refractivity contribution in [1.82, 2.24) is 20.8 Å². The number of anilines is 2. The van der Waals surface area contributed by atoms with E-state index in [4.69, 9.17) is 9.47 Å². The van der Waals surface area contributed by atoms with E-state index in [1.54, 1.807) is 14.0 Å². The minimum Gasteiger partial charge on any atom is -0.497 e. The van der Waals surface area contributed by atoms with Crippen LogP contribution in [0.3, 0.4) is 0 Å². The molecule has 0 unspecified atom stereocenters. The quantitative estimate of drug-likeness (QED) is 0.440. The Balaban J connectivity index is 1.63. The summed E-state index contributed by atoms with van der Waals surface area (Å²) in [6.07, 6.45) is 0. The first-order valence-corrected chi connectivity index (χ1v) is 10.2. The van der Waals surface area contributed by atoms with Crippen molar-refractivity contribution in [3.8, 4) is 5.75 Å². The van der Waals surface area contributed by atoms with Gasteiger partial charge in [0.25, 0.3) is 0 Å². The number of urea groups is 1. The highest BCUT2D eigenvalue weighted by molar-refractivity contribution is 8.01. The molecule has 0 bridgehead atoms. The van der Waals surface area contributed by atoms with Crippen LogP contribution in [0.4, 0.5) is 15.6 Å². The van der Waals surface area contributed by atoms with E-state index in [2.05, 4.69) is 26.1 Å². The summed E-state index contributed by atoms with van der Waals surface area (Å²) in [6.45, 7) is 2.15. The van der Waals surface area contributed by atoms with Crippen LogP contribution in [-0.4, -0.2) is 48.2 Å². The standard InChI is InChI=1S/C17H19N5O4S2/c1-3-26-14(23)12-8-18-15(24)20-13(12)9-27-17-22-21-16(28-17)19-10-4-6-11(25-2)7-5-10/h4-7H,3,8-9H2,1-2H3,(H,19,21)(H2,18,20,24). The highest BCUT2D eigenvalue weighted by Gasteiger charge is 2.24. The van der Waals surface area contributed by atoms with Gasteiger partial charge in [0.2, 0.25) is 5.13 Å². The number of methoxy groups -OCH3 is 1. The van der Waals surface area contributed by atoms with Crippen molar-refractivity contribution in [2.45, 2.75) is 11.3 Å². The summed E-state index contributed by atoms with van der Waals surface area (Å²) in [5.74, 6) is 0.706. The van der Waals surface area contributed by atoms with Crippen molar-refractivity contribution in [3.05, 3.63) is 35.5 Å². The lowest BCUT2D eigenvalue weighted by Crippen LogP contribution is -2.44. The van der Waals surface area contributed by atoms with Gasteiger partial charge in [0.05, 0.1) is 25.8 Å². The summed E-state index contributed by atoms with van der Waals surface area (Å²) >= 11 is 2.76. The number of esters is 1. The summed E-state index contributed by atoms with van der Waals surface area (Å²) < 4.78 is 10.9. The van der Waals surface area contributed by atoms with E-state index >= 15 is 0 Å². The topological polar surface area (TPSA) is 114 Å². The zero-order chi connectivity index (χ0) is 19.9. The van der Waals surface area contributed by atoms with Gasteiger partial charge in [-0.2, -0.15) is 0 Å². The normalized spacial score (nSPS) is 13.6. The van der Waals surface area contributed by atoms with Crippen molar-refractivity contribution in [3.63, 3.8) is 0 Å². The Morgan fingerprint density at radius 2 is 2.11 bits per heavy atom. The molecule has 2 heterocycles. The zero-order valence-corrected chi connectivity index (χ0v) is 16.9. The molecule has 3 rings (SSSR count). The first-order valence-electron chi connectivity index (χ1n) is 8.40. The van der Waals surface area contributed by atoms with Gasteiger partial charge in [0, 0.05) is 17.1 Å². The number of nitrogens with zero attached hydrogens (tertiary/aromatic N) is 2. The van der Waals surface area contributed by atoms with Gasteiger partial charge in [-0.25, -0.2) is 9.59 Å². The van der Waals surface area contributed by atoms with Gasteiger partial charge < -0.3 is 25.4 Å². The third-order valence-corrected chi connectivity index (χ3v) is 5.66. The molecule has 1 aliphatic rings. The molecule has 1 aromatic heterocycles. The molecule has 2 aromatic rings. The van der Waals surface area contributed by atoms with E-state index in [0.717, 1.165) is 11.4 Å². The van der Waals surface area contributed by atoms with E-state index in [1.165, 1.54) is 23.1 Å². The van der Waals surface area contributed by atoms with Crippen molar-refractivity contribution < 1.29 is 19.1 Å². The molecule has 0 saturated carbocycles. The second-order valence-electron chi connectivity index (χ2n) is 5.50. The number of benzene rings is 1. The van der Waals surface area contributed by atoms with Crippen LogP contribution in [-0.2, 0) is 9.53 Å². The van der Waals surface area contributed by atoms with Crippen molar-refractivity contribution in [2.24, 2.45) is 0 Å². The molecule has 0 fully saturated rings. The highest BCUT2D eigenvalue weighted by Crippen LogP contribution is 2.29. The molecular weight excluding hydrogens is 402 g/mol. The summed E-state index contributed by atoms with van der Waals surface area (Å²) in [5.41, 5.74) is 1.80. The van der Waals surface area contributed by atoms with Crippen LogP contribution < -0.4 is 20.7 Å². The first-order chi connectivity index (χ1) is 13.6. The molecule has 0 atom stereocenters. The molecule has 9 nitrogen and oxygen atoms in total. The Bertz CT molecular complexity index is 882. The third-order valence-electron chi connectivity index (χ3n) is 3.66. The fraction of sp³-hybridized carbons (Fsp3) is 0.294. The summed E-state index contributed by atoms with van der Waals surface area (Å²) in [4.78, 5) is 23.7. The van der Waals surface area contributed by atoms with Crippen LogP contribution in [0.15, 0.2) is 39.9 Å². The second kappa shape index (κ2) is 9.42. The number of carbonyl (C=O) groups is 2. The number of rotatable bonds is 8. The number of aromatic nitrogens is 2. The molecule has 11 heteroatoms. The number of hydrogen-bond acceptors (Lipinski definition) is 9. The fourth-order valence-electron chi connectivity index (χ4n) is 2.32. The van der Waals surface area contributed by atoms with Gasteiger partial charge in [-0.05, 0) is 31.2 Å². The van der Waals surface area contributed by atoms with Crippen LogP contribution in [0.5, 0.6) is 5.75 Å². The molecule has 148 valence electrons. The van der Waals surface area contributed by atoms with Gasteiger partial charge in [-0.3, -0.25) is 0 Å². The average molecular weight is 422 g/mol. The van der Waals surface area contributed by atoms with Crippen molar-refractivity contribution >= 4 is 45.9 Å². The van der Waals surface area contributed by atoms with Crippen molar-refractivity contribution in [1.29, 1.82) is 0 Å². The van der Waals surface area contributed by atoms with E-state index in [-0.39, 0.29) is 19.2 Å². The van der Waals surface area contributed by atoms with Crippen LogP contribution in [0.2, 0.25) is 0 Å². The van der Waals surface area contributed by atoms with Crippen LogP contribution in [0.1, 0.15) is 6.92 Å². The Labute approximate surface area is 169 Å². The largest absolute Gasteiger partial charge is 0.497 e. The maximum atomic E-state index is 12.1. The average Bonchev–Trinajstić information content (AvgIpc) is 3.14. The van der Waals surface area contributed by atoms with Crippen molar-refractivity contribution in [2.75, 3.05) is 31.3 Å². The Morgan fingerprint density at radius 1 is 1.32 bits per heavy atom. The molecule has 0 aliphatic carbocycles. The lowest BCUT2D eigenvalue weighted by molar-refractivity contribution is -0.138. The van der Waals surface area contributed by atoms with Gasteiger partial charge in [0.15, 0.2) is 4.34 Å². The lowest BCUT2D eigenvalue weighted by Gasteiger charge is -2.20. The number of carbonyl (C=O) groups excluding carboxylic acids is 2. The van der Waals surface area contributed by atoms with E-state index in [1.807, 2.05) is 24.3 Å². The highest BCUT2D eigenvalue weighted by atomic mass is 32.2. The van der Waals surface area contributed by atoms with Crippen LogP contribution >= 0.6 is 23.1 Å². The van der Waals surface area contributed by atoms with E-state index < -0.39 is 5.97 Å². The Morgan fingerprint density at radius 3 is 2.82 bits per heavy atom. The van der Waals surface area contributed by atoms with Gasteiger partial charge in [-0.15, -0.1) is 10.2 Å². The Kier molecular flexibility index (Phi) is 6.71. The Hall–Kier alpha value is -2.79. The summed E-state index contributed by atoms with van der Waals surface area (Å²) in [5, 5.41) is 17.3. The van der Waals surface area contributed by atoms with Crippen LogP contribution in [0, 0.1) is 0 Å². The maximum absolute atomic E-state index is 12.1. The molecule has 1 aromatic carbocycles. The number of ether oxygens (including phenoxy) is 2. The maximum Gasteiger partial charge on any atom is 0.337 e. The second-order valence-corrected chi connectivity index (χ2v) is 7.70. The lowest BCUT2D eigenvalue weighted by atomic mass is 10.2. The molecular formula is C17H19N5O4S2. The van der Waals surface area contributed by atoms with Gasteiger partial charge >= 0.3 is 12.0 Å². The smallest absolute Gasteiger partial charge is 0.337 e. The summed E-state index contributed by atoms with van der Waals surface area (Å²) in [7, 11) is 1.62. The monoisotopic (exact) mass is 421 g/mol. The number of hydrogen-bond donors (Lipinski definition) is 3. The molecule has 2 amide bonds. The molecule has 0 saturated heterocycles. The SMILES string of the molecule is CCOC(=O)C1=C(CSc2nnc(Nc3ccc(OC)cc3)s2)NC(=O)NC1. The molecule has 3 N–H and O–H groups in total. The first kappa shape index (κ1) is 20.0. The van der Waals surface area contributed by atoms with E-state index in [9.17, 15) is 9.59 Å². The minimum absolute atomic E-state index is 0.140. The molecule has 0 spiro atoms. The molecule has 1 aliphatic heterocycles. The van der Waals surface area contributed by atoms with Crippen LogP contribution in [0.25, 0.3) is 0 Å².